The average molecular weight is 381 g/mol. The summed E-state index contributed by atoms with van der Waals surface area (Å²) in [4.78, 5) is 28.7. The Labute approximate surface area is 157 Å². The van der Waals surface area contributed by atoms with Crippen molar-refractivity contribution >= 4 is 34.4 Å². The molecular formula is C18H15N5O3S. The average Bonchev–Trinajstić information content (AvgIpc) is 3.26. The molecule has 136 valence electrons. The number of nitrogens with one attached hydrogen (secondary N) is 3. The fourth-order valence-corrected chi connectivity index (χ4v) is 3.15. The highest BCUT2D eigenvalue weighted by Gasteiger charge is 2.11. The highest BCUT2D eigenvalue weighted by Crippen LogP contribution is 2.19. The third-order valence-corrected chi connectivity index (χ3v) is 4.59. The van der Waals surface area contributed by atoms with E-state index in [0.29, 0.717) is 34.3 Å². The predicted octanol–water partition coefficient (Wildman–Crippen LogP) is 2.56. The number of fused-ring (bicyclic) bond motifs is 1. The van der Waals surface area contributed by atoms with E-state index in [1.54, 1.807) is 18.2 Å². The van der Waals surface area contributed by atoms with Crippen molar-refractivity contribution in [3.63, 3.8) is 0 Å². The van der Waals surface area contributed by atoms with E-state index in [4.69, 9.17) is 4.42 Å². The Kier molecular flexibility index (Phi) is 4.75. The number of hydrogen-bond acceptors (Lipinski definition) is 6. The molecule has 0 aliphatic carbocycles. The number of H-pyrrole nitrogens is 2. The van der Waals surface area contributed by atoms with Crippen molar-refractivity contribution in [3.05, 3.63) is 70.5 Å². The van der Waals surface area contributed by atoms with E-state index in [9.17, 15) is 9.59 Å². The summed E-state index contributed by atoms with van der Waals surface area (Å²) >= 11 is 1.17. The molecule has 8 nitrogen and oxygen atoms in total. The lowest BCUT2D eigenvalue weighted by atomic mass is 10.2. The highest BCUT2D eigenvalue weighted by atomic mass is 32.2. The molecule has 0 unspecified atom stereocenters. The molecule has 4 aromatic rings. The number of carbonyl (C=O) groups is 1. The summed E-state index contributed by atoms with van der Waals surface area (Å²) in [5, 5.41) is 11.1. The zero-order valence-electron chi connectivity index (χ0n) is 14.1. The van der Waals surface area contributed by atoms with Crippen molar-refractivity contribution in [1.82, 2.24) is 20.2 Å². The molecule has 2 aromatic heterocycles. The van der Waals surface area contributed by atoms with Crippen LogP contribution in [0.1, 0.15) is 11.5 Å². The second-order valence-corrected chi connectivity index (χ2v) is 6.73. The van der Waals surface area contributed by atoms with Gasteiger partial charge in [-0.15, -0.1) is 10.2 Å². The van der Waals surface area contributed by atoms with Crippen molar-refractivity contribution in [2.45, 2.75) is 11.6 Å². The van der Waals surface area contributed by atoms with Crippen LogP contribution in [0.5, 0.6) is 0 Å². The van der Waals surface area contributed by atoms with Gasteiger partial charge >= 0.3 is 5.69 Å². The smallest absolute Gasteiger partial charge is 0.323 e. The summed E-state index contributed by atoms with van der Waals surface area (Å²) in [7, 11) is 0. The molecule has 0 aliphatic heterocycles. The standard InChI is InChI=1S/C18H15N5O3S/c24-15(19-12-6-7-13-14(9-12)21-17(25)20-13)10-27-18-23-22-16(26-18)8-11-4-2-1-3-5-11/h1-7,9H,8,10H2,(H,19,24)(H2,20,21,25). The van der Waals surface area contributed by atoms with Crippen molar-refractivity contribution in [1.29, 1.82) is 0 Å². The van der Waals surface area contributed by atoms with E-state index in [1.807, 2.05) is 30.3 Å². The van der Waals surface area contributed by atoms with Crippen molar-refractivity contribution in [3.8, 4) is 0 Å². The summed E-state index contributed by atoms with van der Waals surface area (Å²) in [6, 6.07) is 15.0. The predicted molar refractivity (Wildman–Crippen MR) is 102 cm³/mol. The molecule has 0 saturated carbocycles. The van der Waals surface area contributed by atoms with Gasteiger partial charge in [-0.1, -0.05) is 42.1 Å². The number of benzene rings is 2. The SMILES string of the molecule is O=C(CSc1nnc(Cc2ccccc2)o1)Nc1ccc2[nH]c(=O)[nH]c2c1. The summed E-state index contributed by atoms with van der Waals surface area (Å²) < 4.78 is 5.57. The number of amides is 1. The van der Waals surface area contributed by atoms with Gasteiger partial charge in [-0.25, -0.2) is 4.79 Å². The third kappa shape index (κ3) is 4.26. The highest BCUT2D eigenvalue weighted by molar-refractivity contribution is 7.99. The van der Waals surface area contributed by atoms with Gasteiger partial charge in [-0.3, -0.25) is 4.79 Å². The van der Waals surface area contributed by atoms with Gasteiger partial charge in [-0.2, -0.15) is 0 Å². The van der Waals surface area contributed by atoms with Crippen LogP contribution in [0.15, 0.2) is 63.0 Å². The molecular weight excluding hydrogens is 366 g/mol. The zero-order chi connectivity index (χ0) is 18.6. The maximum Gasteiger partial charge on any atom is 0.323 e. The molecule has 4 rings (SSSR count). The molecule has 9 heteroatoms. The Morgan fingerprint density at radius 1 is 1.07 bits per heavy atom. The van der Waals surface area contributed by atoms with Crippen LogP contribution in [0.2, 0.25) is 0 Å². The first-order valence-electron chi connectivity index (χ1n) is 8.17. The number of carbonyl (C=O) groups excluding carboxylic acids is 1. The van der Waals surface area contributed by atoms with Gasteiger partial charge in [0.2, 0.25) is 11.8 Å². The molecule has 0 atom stereocenters. The summed E-state index contributed by atoms with van der Waals surface area (Å²) in [5.41, 5.74) is 2.70. The maximum atomic E-state index is 12.1. The molecule has 0 saturated heterocycles. The van der Waals surface area contributed by atoms with Crippen LogP contribution >= 0.6 is 11.8 Å². The first-order valence-corrected chi connectivity index (χ1v) is 9.15. The minimum absolute atomic E-state index is 0.134. The first-order chi connectivity index (χ1) is 13.2. The lowest BCUT2D eigenvalue weighted by Crippen LogP contribution is -2.13. The van der Waals surface area contributed by atoms with E-state index < -0.39 is 0 Å². The minimum atomic E-state index is -0.285. The molecule has 1 amide bonds. The Morgan fingerprint density at radius 2 is 1.89 bits per heavy atom. The molecule has 0 radical (unpaired) electrons. The van der Waals surface area contributed by atoms with Crippen molar-refractivity contribution in [2.75, 3.05) is 11.1 Å². The van der Waals surface area contributed by atoms with Crippen LogP contribution < -0.4 is 11.0 Å². The lowest BCUT2D eigenvalue weighted by Gasteiger charge is -2.03. The van der Waals surface area contributed by atoms with Gasteiger partial charge in [0.1, 0.15) is 0 Å². The third-order valence-electron chi connectivity index (χ3n) is 3.77. The molecule has 27 heavy (non-hydrogen) atoms. The van der Waals surface area contributed by atoms with Crippen LogP contribution in [0.25, 0.3) is 11.0 Å². The Bertz CT molecular complexity index is 1130. The minimum Gasteiger partial charge on any atom is -0.416 e. The van der Waals surface area contributed by atoms with Crippen molar-refractivity contribution in [2.24, 2.45) is 0 Å². The fraction of sp³-hybridized carbons (Fsp3) is 0.111. The number of aromatic amines is 2. The van der Waals surface area contributed by atoms with Gasteiger partial charge in [-0.05, 0) is 23.8 Å². The lowest BCUT2D eigenvalue weighted by molar-refractivity contribution is -0.113. The Hall–Kier alpha value is -3.33. The quantitative estimate of drug-likeness (QED) is 0.442. The number of thioether (sulfide) groups is 1. The normalized spacial score (nSPS) is 11.0. The Balaban J connectivity index is 1.32. The molecule has 0 aliphatic rings. The number of rotatable bonds is 6. The number of hydrogen-bond donors (Lipinski definition) is 3. The van der Waals surface area contributed by atoms with E-state index in [-0.39, 0.29) is 17.3 Å². The molecule has 0 bridgehead atoms. The zero-order valence-corrected chi connectivity index (χ0v) is 14.9. The van der Waals surface area contributed by atoms with Gasteiger partial charge in [0, 0.05) is 5.69 Å². The van der Waals surface area contributed by atoms with E-state index >= 15 is 0 Å². The summed E-state index contributed by atoms with van der Waals surface area (Å²) in [6.07, 6.45) is 0.551. The second kappa shape index (κ2) is 7.50. The van der Waals surface area contributed by atoms with Gasteiger partial charge in [0.05, 0.1) is 23.2 Å². The molecule has 2 heterocycles. The van der Waals surface area contributed by atoms with Crippen molar-refractivity contribution < 1.29 is 9.21 Å². The van der Waals surface area contributed by atoms with Crippen LogP contribution in [-0.2, 0) is 11.2 Å². The van der Waals surface area contributed by atoms with Gasteiger partial charge in [0.15, 0.2) is 0 Å². The summed E-state index contributed by atoms with van der Waals surface area (Å²) in [6.45, 7) is 0. The summed E-state index contributed by atoms with van der Waals surface area (Å²) in [5.74, 6) is 0.431. The topological polar surface area (TPSA) is 117 Å². The van der Waals surface area contributed by atoms with Gasteiger partial charge in [0.25, 0.3) is 5.22 Å². The van der Waals surface area contributed by atoms with Gasteiger partial charge < -0.3 is 19.7 Å². The number of anilines is 1. The van der Waals surface area contributed by atoms with E-state index in [1.165, 1.54) is 11.8 Å². The fourth-order valence-electron chi connectivity index (χ4n) is 2.57. The van der Waals surface area contributed by atoms with Crippen LogP contribution in [0.4, 0.5) is 5.69 Å². The molecule has 2 aromatic carbocycles. The number of nitrogens with zero attached hydrogens (tertiary/aromatic N) is 2. The van der Waals surface area contributed by atoms with Crippen LogP contribution in [0, 0.1) is 0 Å². The van der Waals surface area contributed by atoms with E-state index in [2.05, 4.69) is 25.5 Å². The number of imidazole rings is 1. The van der Waals surface area contributed by atoms with Crippen LogP contribution in [-0.4, -0.2) is 31.8 Å². The Morgan fingerprint density at radius 3 is 2.74 bits per heavy atom. The van der Waals surface area contributed by atoms with Crippen LogP contribution in [0.3, 0.4) is 0 Å². The number of aromatic nitrogens is 4. The molecule has 3 N–H and O–H groups in total. The van der Waals surface area contributed by atoms with E-state index in [0.717, 1.165) is 5.56 Å². The second-order valence-electron chi connectivity index (χ2n) is 5.80. The molecule has 0 spiro atoms. The molecule has 0 fully saturated rings. The first kappa shape index (κ1) is 17.1. The monoisotopic (exact) mass is 381 g/mol. The maximum absolute atomic E-state index is 12.1. The largest absolute Gasteiger partial charge is 0.416 e.